The Balaban J connectivity index is 3.31. The maximum atomic E-state index is 12.7. The lowest BCUT2D eigenvalue weighted by molar-refractivity contribution is -0.387. The molecule has 1 aromatic carbocycles. The number of rotatable bonds is 4. The van der Waals surface area contributed by atoms with Gasteiger partial charge in [0.15, 0.2) is 0 Å². The fourth-order valence-electron chi connectivity index (χ4n) is 1.42. The number of para-hydroxylation sites is 1. The van der Waals surface area contributed by atoms with Crippen molar-refractivity contribution in [3.05, 3.63) is 33.9 Å². The van der Waals surface area contributed by atoms with Crippen molar-refractivity contribution in [3.63, 3.8) is 0 Å². The van der Waals surface area contributed by atoms with E-state index >= 15 is 0 Å². The third-order valence-electron chi connectivity index (χ3n) is 2.35. The van der Waals surface area contributed by atoms with E-state index in [1.165, 1.54) is 6.92 Å². The largest absolute Gasteiger partial charge is 0.423 e. The molecular formula is C11H9F3N2O4. The van der Waals surface area contributed by atoms with Crippen LogP contribution in [0, 0.1) is 10.1 Å². The maximum Gasteiger partial charge on any atom is 0.423 e. The number of nitro groups is 1. The number of halogens is 3. The monoisotopic (exact) mass is 290 g/mol. The van der Waals surface area contributed by atoms with Gasteiger partial charge in [-0.25, -0.2) is 0 Å². The molecule has 0 aliphatic heterocycles. The van der Waals surface area contributed by atoms with E-state index in [-0.39, 0.29) is 6.42 Å². The third kappa shape index (κ3) is 3.31. The van der Waals surface area contributed by atoms with Gasteiger partial charge in [0, 0.05) is 6.42 Å². The Kier molecular flexibility index (Phi) is 4.43. The minimum Gasteiger partial charge on any atom is -0.314 e. The molecule has 9 heteroatoms. The fourth-order valence-corrected chi connectivity index (χ4v) is 1.42. The molecule has 0 saturated heterocycles. The number of nitro benzene ring substituents is 1. The lowest BCUT2D eigenvalue weighted by atomic mass is 10.1. The molecule has 0 bridgehead atoms. The molecule has 20 heavy (non-hydrogen) atoms. The number of alkyl halides is 3. The van der Waals surface area contributed by atoms with Crippen LogP contribution in [0.3, 0.4) is 0 Å². The topological polar surface area (TPSA) is 89.3 Å². The smallest absolute Gasteiger partial charge is 0.314 e. The first-order valence-corrected chi connectivity index (χ1v) is 5.37. The van der Waals surface area contributed by atoms with Crippen LogP contribution in [0.2, 0.25) is 0 Å². The Morgan fingerprint density at radius 1 is 1.35 bits per heavy atom. The molecule has 1 N–H and O–H groups in total. The van der Waals surface area contributed by atoms with Crippen LogP contribution in [0.5, 0.6) is 0 Å². The summed E-state index contributed by atoms with van der Waals surface area (Å²) in [6, 6.07) is 2.35. The van der Waals surface area contributed by atoms with E-state index in [1.807, 2.05) is 5.32 Å². The SMILES string of the molecule is CCC(=O)C(=O)Nc1cccc(C(F)(F)F)c1[N+](=O)[O-]. The zero-order valence-electron chi connectivity index (χ0n) is 10.2. The van der Waals surface area contributed by atoms with Gasteiger partial charge < -0.3 is 5.32 Å². The van der Waals surface area contributed by atoms with Crippen LogP contribution < -0.4 is 5.32 Å². The van der Waals surface area contributed by atoms with Crippen LogP contribution in [0.15, 0.2) is 18.2 Å². The molecule has 0 radical (unpaired) electrons. The lowest BCUT2D eigenvalue weighted by Crippen LogP contribution is -2.23. The molecule has 0 spiro atoms. The van der Waals surface area contributed by atoms with Crippen LogP contribution in [0.25, 0.3) is 0 Å². The molecule has 0 aliphatic rings. The predicted molar refractivity (Wildman–Crippen MR) is 62.0 cm³/mol. The summed E-state index contributed by atoms with van der Waals surface area (Å²) >= 11 is 0. The summed E-state index contributed by atoms with van der Waals surface area (Å²) in [4.78, 5) is 31.9. The first-order valence-electron chi connectivity index (χ1n) is 5.37. The van der Waals surface area contributed by atoms with Crippen molar-refractivity contribution in [2.75, 3.05) is 5.32 Å². The number of hydrogen-bond donors (Lipinski definition) is 1. The summed E-state index contributed by atoms with van der Waals surface area (Å²) in [5.74, 6) is -2.09. The van der Waals surface area contributed by atoms with Crippen LogP contribution in [-0.4, -0.2) is 16.6 Å². The summed E-state index contributed by atoms with van der Waals surface area (Å²) in [6.45, 7) is 1.38. The number of nitrogens with zero attached hydrogens (tertiary/aromatic N) is 1. The van der Waals surface area contributed by atoms with E-state index in [4.69, 9.17) is 0 Å². The van der Waals surface area contributed by atoms with Gasteiger partial charge in [-0.3, -0.25) is 19.7 Å². The molecule has 1 amide bonds. The molecule has 0 fully saturated rings. The van der Waals surface area contributed by atoms with Crippen molar-refractivity contribution in [2.24, 2.45) is 0 Å². The highest BCUT2D eigenvalue weighted by molar-refractivity contribution is 6.40. The summed E-state index contributed by atoms with van der Waals surface area (Å²) in [5, 5.41) is 12.6. The first-order chi connectivity index (χ1) is 9.18. The van der Waals surface area contributed by atoms with E-state index in [0.29, 0.717) is 6.07 Å². The Labute approximate surface area is 110 Å². The number of carbonyl (C=O) groups is 2. The van der Waals surface area contributed by atoms with Crippen molar-refractivity contribution in [3.8, 4) is 0 Å². The lowest BCUT2D eigenvalue weighted by Gasteiger charge is -2.10. The summed E-state index contributed by atoms with van der Waals surface area (Å²) < 4.78 is 38.0. The Bertz CT molecular complexity index is 569. The van der Waals surface area contributed by atoms with Gasteiger partial charge >= 0.3 is 11.9 Å². The Morgan fingerprint density at radius 2 is 1.95 bits per heavy atom. The van der Waals surface area contributed by atoms with Crippen molar-refractivity contribution in [1.82, 2.24) is 0 Å². The molecular weight excluding hydrogens is 281 g/mol. The van der Waals surface area contributed by atoms with E-state index in [2.05, 4.69) is 0 Å². The third-order valence-corrected chi connectivity index (χ3v) is 2.35. The minimum atomic E-state index is -4.95. The summed E-state index contributed by atoms with van der Waals surface area (Å²) in [5.41, 5.74) is -3.46. The maximum absolute atomic E-state index is 12.7. The number of nitrogens with one attached hydrogen (secondary N) is 1. The van der Waals surface area contributed by atoms with Crippen molar-refractivity contribution < 1.29 is 27.7 Å². The van der Waals surface area contributed by atoms with Gasteiger partial charge in [-0.05, 0) is 12.1 Å². The number of carbonyl (C=O) groups excluding carboxylic acids is 2. The molecule has 0 unspecified atom stereocenters. The molecule has 0 saturated carbocycles. The highest BCUT2D eigenvalue weighted by Crippen LogP contribution is 2.39. The van der Waals surface area contributed by atoms with Crippen LogP contribution in [0.4, 0.5) is 24.5 Å². The molecule has 6 nitrogen and oxygen atoms in total. The molecule has 1 rings (SSSR count). The Hall–Kier alpha value is -2.45. The average molecular weight is 290 g/mol. The van der Waals surface area contributed by atoms with E-state index in [0.717, 1.165) is 12.1 Å². The zero-order valence-corrected chi connectivity index (χ0v) is 10.2. The zero-order chi connectivity index (χ0) is 15.5. The van der Waals surface area contributed by atoms with Gasteiger partial charge in [0.2, 0.25) is 5.78 Å². The average Bonchev–Trinajstić information content (AvgIpc) is 2.36. The van der Waals surface area contributed by atoms with E-state index in [1.54, 1.807) is 0 Å². The number of ketones is 1. The molecule has 0 aliphatic carbocycles. The van der Waals surface area contributed by atoms with Crippen LogP contribution in [0.1, 0.15) is 18.9 Å². The second kappa shape index (κ2) is 5.68. The number of benzene rings is 1. The van der Waals surface area contributed by atoms with E-state index < -0.39 is 39.7 Å². The van der Waals surface area contributed by atoms with Gasteiger partial charge in [0.25, 0.3) is 5.91 Å². The quantitative estimate of drug-likeness (QED) is 0.524. The van der Waals surface area contributed by atoms with E-state index in [9.17, 15) is 32.9 Å². The molecule has 0 heterocycles. The van der Waals surface area contributed by atoms with Crippen molar-refractivity contribution in [2.45, 2.75) is 19.5 Å². The Morgan fingerprint density at radius 3 is 2.40 bits per heavy atom. The minimum absolute atomic E-state index is 0.168. The van der Waals surface area contributed by atoms with Crippen LogP contribution in [-0.2, 0) is 15.8 Å². The summed E-state index contributed by atoms with van der Waals surface area (Å²) in [6.07, 6.45) is -5.11. The highest BCUT2D eigenvalue weighted by atomic mass is 19.4. The van der Waals surface area contributed by atoms with Gasteiger partial charge in [-0.15, -0.1) is 0 Å². The first kappa shape index (κ1) is 15.6. The predicted octanol–water partition coefficient (Wildman–Crippen LogP) is 2.53. The van der Waals surface area contributed by atoms with Gasteiger partial charge in [-0.2, -0.15) is 13.2 Å². The molecule has 108 valence electrons. The van der Waals surface area contributed by atoms with Gasteiger partial charge in [-0.1, -0.05) is 13.0 Å². The molecule has 0 aromatic heterocycles. The second-order valence-electron chi connectivity index (χ2n) is 3.69. The van der Waals surface area contributed by atoms with Crippen molar-refractivity contribution >= 4 is 23.1 Å². The van der Waals surface area contributed by atoms with Crippen molar-refractivity contribution in [1.29, 1.82) is 0 Å². The standard InChI is InChI=1S/C11H9F3N2O4/c1-2-8(17)10(18)15-7-5-3-4-6(11(12,13)14)9(7)16(19)20/h3-5H,2H2,1H3,(H,15,18). The summed E-state index contributed by atoms with van der Waals surface area (Å²) in [7, 11) is 0. The number of hydrogen-bond acceptors (Lipinski definition) is 4. The van der Waals surface area contributed by atoms with Gasteiger partial charge in [0.1, 0.15) is 11.3 Å². The fraction of sp³-hybridized carbons (Fsp3) is 0.273. The normalized spacial score (nSPS) is 11.0. The molecule has 1 aromatic rings. The van der Waals surface area contributed by atoms with Crippen LogP contribution >= 0.6 is 0 Å². The number of amides is 1. The highest BCUT2D eigenvalue weighted by Gasteiger charge is 2.40. The second-order valence-corrected chi connectivity index (χ2v) is 3.69. The van der Waals surface area contributed by atoms with Gasteiger partial charge in [0.05, 0.1) is 4.92 Å². The molecule has 0 atom stereocenters. The number of anilines is 1. The number of Topliss-reactive ketones (excluding diaryl/α,β-unsaturated/α-hetero) is 1.